The third kappa shape index (κ3) is 1.84. The molecule has 2 atom stereocenters. The van der Waals surface area contributed by atoms with Crippen LogP contribution in [0.25, 0.3) is 0 Å². The van der Waals surface area contributed by atoms with E-state index in [0.717, 1.165) is 6.54 Å². The molecule has 0 aliphatic carbocycles. The lowest BCUT2D eigenvalue weighted by Crippen LogP contribution is -2.41. The fourth-order valence-corrected chi connectivity index (χ4v) is 1.63. The Morgan fingerprint density at radius 2 is 2.40 bits per heavy atom. The number of hydrogen-bond acceptors (Lipinski definition) is 3. The Kier molecular flexibility index (Phi) is 2.95. The molecule has 2 nitrogen and oxygen atoms in total. The highest BCUT2D eigenvalue weighted by Crippen LogP contribution is 2.18. The Hall–Kier alpha value is 0.200. The maximum absolute atomic E-state index is 12.6. The first-order chi connectivity index (χ1) is 4.74. The average Bonchev–Trinajstić information content (AvgIpc) is 1.95. The molecule has 1 N–H and O–H groups in total. The predicted octanol–water partition coefficient (Wildman–Crippen LogP) is 0.669. The first kappa shape index (κ1) is 8.30. The van der Waals surface area contributed by atoms with Gasteiger partial charge in [-0.1, -0.05) is 11.9 Å². The van der Waals surface area contributed by atoms with Gasteiger partial charge in [0.1, 0.15) is 6.17 Å². The van der Waals surface area contributed by atoms with Gasteiger partial charge in [-0.25, -0.2) is 8.70 Å². The highest BCUT2D eigenvalue weighted by atomic mass is 32.2. The molecule has 0 saturated carbocycles. The second-order valence-electron chi connectivity index (χ2n) is 2.44. The summed E-state index contributed by atoms with van der Waals surface area (Å²) < 4.78 is 14.6. The van der Waals surface area contributed by atoms with Crippen molar-refractivity contribution in [1.82, 2.24) is 4.31 Å². The molecule has 0 unspecified atom stereocenters. The van der Waals surface area contributed by atoms with Crippen LogP contribution in [0.1, 0.15) is 6.42 Å². The van der Waals surface area contributed by atoms with Crippen molar-refractivity contribution in [3.05, 3.63) is 0 Å². The third-order valence-corrected chi connectivity index (χ3v) is 2.57. The molecule has 0 aromatic carbocycles. The molecular weight excluding hydrogens is 153 g/mol. The van der Waals surface area contributed by atoms with Crippen LogP contribution in [0, 0.1) is 0 Å². The summed E-state index contributed by atoms with van der Waals surface area (Å²) in [6.07, 6.45) is 0.609. The molecule has 1 rings (SSSR count). The fourth-order valence-electron chi connectivity index (χ4n) is 1.04. The summed E-state index contributed by atoms with van der Waals surface area (Å²) in [6.45, 7) is 1.21. The van der Waals surface area contributed by atoms with Crippen LogP contribution in [0.3, 0.4) is 0 Å². The fraction of sp³-hybridized carbons (Fsp3) is 1.00. The van der Waals surface area contributed by atoms with Gasteiger partial charge in [-0.3, -0.25) is 0 Å². The third-order valence-electron chi connectivity index (χ3n) is 1.72. The normalized spacial score (nSPS) is 36.3. The number of aliphatic hydroxyl groups is 1. The van der Waals surface area contributed by atoms with Crippen molar-refractivity contribution in [1.29, 1.82) is 0 Å². The highest BCUT2D eigenvalue weighted by molar-refractivity contribution is 7.96. The van der Waals surface area contributed by atoms with E-state index in [9.17, 15) is 4.39 Å². The van der Waals surface area contributed by atoms with Gasteiger partial charge in [0.05, 0.1) is 6.10 Å². The van der Waals surface area contributed by atoms with Gasteiger partial charge in [-0.15, -0.1) is 0 Å². The zero-order valence-electron chi connectivity index (χ0n) is 5.96. The Balaban J connectivity index is 2.33. The molecule has 0 aromatic heterocycles. The van der Waals surface area contributed by atoms with Crippen LogP contribution in [0.2, 0.25) is 0 Å². The number of aliphatic hydroxyl groups excluding tert-OH is 1. The van der Waals surface area contributed by atoms with Crippen molar-refractivity contribution in [2.75, 3.05) is 19.3 Å². The van der Waals surface area contributed by atoms with Crippen LogP contribution in [-0.2, 0) is 0 Å². The molecule has 60 valence electrons. The number of rotatable bonds is 1. The monoisotopic (exact) mass is 165 g/mol. The first-order valence-electron chi connectivity index (χ1n) is 3.35. The lowest BCUT2D eigenvalue weighted by Gasteiger charge is -2.30. The summed E-state index contributed by atoms with van der Waals surface area (Å²) in [5, 5.41) is 9.05. The van der Waals surface area contributed by atoms with Gasteiger partial charge < -0.3 is 5.11 Å². The lowest BCUT2D eigenvalue weighted by atomic mass is 10.1. The van der Waals surface area contributed by atoms with Gasteiger partial charge in [-0.05, 0) is 12.7 Å². The van der Waals surface area contributed by atoms with E-state index in [0.29, 0.717) is 13.0 Å². The van der Waals surface area contributed by atoms with E-state index in [-0.39, 0.29) is 0 Å². The number of β-amino-alcohol motifs (C(OH)–C–C–N with tert-alkyl or cyclic N) is 1. The summed E-state index contributed by atoms with van der Waals surface area (Å²) in [6, 6.07) is 0. The van der Waals surface area contributed by atoms with Crippen LogP contribution in [0.5, 0.6) is 0 Å². The second kappa shape index (κ2) is 3.55. The topological polar surface area (TPSA) is 23.5 Å². The largest absolute Gasteiger partial charge is 0.389 e. The smallest absolute Gasteiger partial charge is 0.128 e. The second-order valence-corrected chi connectivity index (χ2v) is 3.32. The standard InChI is InChI=1S/C6H12FNOS/c1-10-8-3-2-5(7)6(9)4-8/h5-6,9H,2-4H2,1H3/t5-,6-/m1/s1. The van der Waals surface area contributed by atoms with E-state index in [4.69, 9.17) is 5.11 Å². The predicted molar refractivity (Wildman–Crippen MR) is 40.6 cm³/mol. The zero-order valence-corrected chi connectivity index (χ0v) is 6.77. The number of piperidine rings is 1. The maximum Gasteiger partial charge on any atom is 0.128 e. The average molecular weight is 165 g/mol. The van der Waals surface area contributed by atoms with Crippen molar-refractivity contribution in [3.63, 3.8) is 0 Å². The maximum atomic E-state index is 12.6. The summed E-state index contributed by atoms with van der Waals surface area (Å²) in [7, 11) is 0. The van der Waals surface area contributed by atoms with Crippen molar-refractivity contribution in [3.8, 4) is 0 Å². The van der Waals surface area contributed by atoms with Crippen molar-refractivity contribution in [2.24, 2.45) is 0 Å². The van der Waals surface area contributed by atoms with E-state index in [1.807, 2.05) is 10.6 Å². The summed E-state index contributed by atoms with van der Waals surface area (Å²) in [4.78, 5) is 0. The highest BCUT2D eigenvalue weighted by Gasteiger charge is 2.26. The van der Waals surface area contributed by atoms with Crippen molar-refractivity contribution < 1.29 is 9.50 Å². The van der Waals surface area contributed by atoms with E-state index >= 15 is 0 Å². The van der Waals surface area contributed by atoms with Crippen molar-refractivity contribution >= 4 is 11.9 Å². The number of halogens is 1. The van der Waals surface area contributed by atoms with Gasteiger partial charge in [0.15, 0.2) is 0 Å². The van der Waals surface area contributed by atoms with Crippen LogP contribution in [-0.4, -0.2) is 41.0 Å². The zero-order chi connectivity index (χ0) is 7.56. The van der Waals surface area contributed by atoms with Crippen LogP contribution in [0.4, 0.5) is 4.39 Å². The van der Waals surface area contributed by atoms with E-state index in [2.05, 4.69) is 0 Å². The minimum absolute atomic E-state index is 0.460. The van der Waals surface area contributed by atoms with Crippen LogP contribution < -0.4 is 0 Å². The molecule has 0 bridgehead atoms. The molecule has 4 heteroatoms. The van der Waals surface area contributed by atoms with Gasteiger partial charge in [-0.2, -0.15) is 0 Å². The summed E-state index contributed by atoms with van der Waals surface area (Å²) >= 11 is 1.56. The number of alkyl halides is 1. The summed E-state index contributed by atoms with van der Waals surface area (Å²) in [5.74, 6) is 0. The molecule has 1 aliphatic heterocycles. The molecule has 1 saturated heterocycles. The Morgan fingerprint density at radius 1 is 1.70 bits per heavy atom. The Bertz CT molecular complexity index is 114. The molecular formula is C6H12FNOS. The minimum Gasteiger partial charge on any atom is -0.389 e. The van der Waals surface area contributed by atoms with E-state index in [1.165, 1.54) is 0 Å². The van der Waals surface area contributed by atoms with Crippen LogP contribution >= 0.6 is 11.9 Å². The minimum atomic E-state index is -1.01. The molecule has 1 aliphatic rings. The molecule has 10 heavy (non-hydrogen) atoms. The Morgan fingerprint density at radius 3 is 2.90 bits per heavy atom. The lowest BCUT2D eigenvalue weighted by molar-refractivity contribution is 0.0323. The molecule has 0 spiro atoms. The molecule has 0 amide bonds. The number of hydrogen-bond donors (Lipinski definition) is 1. The van der Waals surface area contributed by atoms with Crippen LogP contribution in [0.15, 0.2) is 0 Å². The SMILES string of the molecule is CSN1CC[C@@H](F)[C@H](O)C1. The molecule has 0 aromatic rings. The van der Waals surface area contributed by atoms with E-state index < -0.39 is 12.3 Å². The molecule has 0 radical (unpaired) electrons. The number of nitrogens with zero attached hydrogens (tertiary/aromatic N) is 1. The summed E-state index contributed by atoms with van der Waals surface area (Å²) in [5.41, 5.74) is 0. The Labute approximate surface area is 64.5 Å². The van der Waals surface area contributed by atoms with Gasteiger partial charge in [0.2, 0.25) is 0 Å². The van der Waals surface area contributed by atoms with Gasteiger partial charge >= 0.3 is 0 Å². The van der Waals surface area contributed by atoms with Gasteiger partial charge in [0.25, 0.3) is 0 Å². The first-order valence-corrected chi connectivity index (χ1v) is 4.53. The quantitative estimate of drug-likeness (QED) is 0.578. The van der Waals surface area contributed by atoms with Gasteiger partial charge in [0, 0.05) is 13.1 Å². The molecule has 1 fully saturated rings. The van der Waals surface area contributed by atoms with Crippen molar-refractivity contribution in [2.45, 2.75) is 18.7 Å². The molecule has 1 heterocycles. The van der Waals surface area contributed by atoms with E-state index in [1.54, 1.807) is 11.9 Å².